The van der Waals surface area contributed by atoms with E-state index in [1.54, 1.807) is 0 Å². The molecule has 0 aliphatic rings. The van der Waals surface area contributed by atoms with Gasteiger partial charge in [0, 0.05) is 6.61 Å². The average molecular weight is 174 g/mol. The molecule has 0 fully saturated rings. The molecule has 0 heterocycles. The van der Waals surface area contributed by atoms with Crippen LogP contribution in [-0.2, 0) is 0 Å². The summed E-state index contributed by atoms with van der Waals surface area (Å²) in [4.78, 5) is 0. The molecule has 2 heteroatoms. The Labute approximate surface area is 75.6 Å². The van der Waals surface area contributed by atoms with Crippen molar-refractivity contribution in [1.82, 2.24) is 0 Å². The molecule has 0 spiro atoms. The molecule has 0 saturated carbocycles. The normalized spacial score (nSPS) is 16.5. The Bertz CT molecular complexity index is 102. The Hall–Kier alpha value is -0.0800. The van der Waals surface area contributed by atoms with E-state index >= 15 is 0 Å². The van der Waals surface area contributed by atoms with Crippen molar-refractivity contribution in [2.24, 2.45) is 11.8 Å². The summed E-state index contributed by atoms with van der Waals surface area (Å²) in [5.74, 6) is 0.866. The van der Waals surface area contributed by atoms with E-state index < -0.39 is 0 Å². The Balaban J connectivity index is 3.58. The van der Waals surface area contributed by atoms with Gasteiger partial charge in [-0.15, -0.1) is 0 Å². The van der Waals surface area contributed by atoms with Gasteiger partial charge < -0.3 is 10.2 Å². The molecule has 0 aromatic rings. The molecule has 0 aromatic carbocycles. The molecule has 0 aromatic heterocycles. The van der Waals surface area contributed by atoms with Gasteiger partial charge >= 0.3 is 0 Å². The van der Waals surface area contributed by atoms with Crippen LogP contribution in [0.1, 0.15) is 40.0 Å². The summed E-state index contributed by atoms with van der Waals surface area (Å²) in [7, 11) is 0. The van der Waals surface area contributed by atoms with Crippen molar-refractivity contribution in [3.8, 4) is 0 Å². The van der Waals surface area contributed by atoms with Gasteiger partial charge in [-0.2, -0.15) is 0 Å². The SMILES string of the molecule is CCC(O)CCC(CO)C(C)C. The maximum atomic E-state index is 9.30. The molecule has 2 unspecified atom stereocenters. The van der Waals surface area contributed by atoms with Gasteiger partial charge in [0.15, 0.2) is 0 Å². The Morgan fingerprint density at radius 1 is 1.17 bits per heavy atom. The van der Waals surface area contributed by atoms with Gasteiger partial charge in [0.1, 0.15) is 0 Å². The zero-order chi connectivity index (χ0) is 9.56. The topological polar surface area (TPSA) is 40.5 Å². The lowest BCUT2D eigenvalue weighted by Gasteiger charge is -2.19. The molecule has 2 N–H and O–H groups in total. The minimum absolute atomic E-state index is 0.183. The molecule has 0 aliphatic heterocycles. The smallest absolute Gasteiger partial charge is 0.0537 e. The fourth-order valence-electron chi connectivity index (χ4n) is 1.25. The molecule has 2 atom stereocenters. The van der Waals surface area contributed by atoms with Crippen LogP contribution in [0, 0.1) is 11.8 Å². The molecular weight excluding hydrogens is 152 g/mol. The number of rotatable bonds is 6. The van der Waals surface area contributed by atoms with Crippen molar-refractivity contribution >= 4 is 0 Å². The van der Waals surface area contributed by atoms with Crippen LogP contribution in [0.15, 0.2) is 0 Å². The number of aliphatic hydroxyl groups is 2. The van der Waals surface area contributed by atoms with Crippen LogP contribution in [0.3, 0.4) is 0 Å². The highest BCUT2D eigenvalue weighted by Gasteiger charge is 2.13. The van der Waals surface area contributed by atoms with E-state index in [-0.39, 0.29) is 12.7 Å². The van der Waals surface area contributed by atoms with Crippen LogP contribution in [-0.4, -0.2) is 22.9 Å². The minimum Gasteiger partial charge on any atom is -0.396 e. The average Bonchev–Trinajstić information content (AvgIpc) is 2.04. The van der Waals surface area contributed by atoms with E-state index in [0.29, 0.717) is 11.8 Å². The lowest BCUT2D eigenvalue weighted by molar-refractivity contribution is 0.124. The fourth-order valence-corrected chi connectivity index (χ4v) is 1.25. The first-order valence-corrected chi connectivity index (χ1v) is 4.90. The molecule has 0 radical (unpaired) electrons. The third kappa shape index (κ3) is 4.73. The van der Waals surface area contributed by atoms with Crippen LogP contribution in [0.25, 0.3) is 0 Å². The van der Waals surface area contributed by atoms with Crippen LogP contribution in [0.4, 0.5) is 0 Å². The van der Waals surface area contributed by atoms with Crippen molar-refractivity contribution in [3.63, 3.8) is 0 Å². The van der Waals surface area contributed by atoms with Crippen LogP contribution in [0.2, 0.25) is 0 Å². The second kappa shape index (κ2) is 6.44. The second-order valence-corrected chi connectivity index (χ2v) is 3.83. The number of hydrogen-bond acceptors (Lipinski definition) is 2. The monoisotopic (exact) mass is 174 g/mol. The summed E-state index contributed by atoms with van der Waals surface area (Å²) in [6, 6.07) is 0. The molecule has 74 valence electrons. The fraction of sp³-hybridized carbons (Fsp3) is 1.00. The summed E-state index contributed by atoms with van der Waals surface area (Å²) in [5, 5.41) is 18.3. The van der Waals surface area contributed by atoms with Gasteiger partial charge in [0.05, 0.1) is 6.10 Å². The van der Waals surface area contributed by atoms with Crippen molar-refractivity contribution in [3.05, 3.63) is 0 Å². The lowest BCUT2D eigenvalue weighted by atomic mass is 9.90. The van der Waals surface area contributed by atoms with Gasteiger partial charge in [-0.1, -0.05) is 20.8 Å². The maximum Gasteiger partial charge on any atom is 0.0537 e. The second-order valence-electron chi connectivity index (χ2n) is 3.83. The van der Waals surface area contributed by atoms with Crippen molar-refractivity contribution < 1.29 is 10.2 Å². The zero-order valence-electron chi connectivity index (χ0n) is 8.45. The Kier molecular flexibility index (Phi) is 6.39. The van der Waals surface area contributed by atoms with Crippen LogP contribution in [0.5, 0.6) is 0 Å². The quantitative estimate of drug-likeness (QED) is 0.644. The first-order chi connectivity index (χ1) is 5.61. The van der Waals surface area contributed by atoms with E-state index in [2.05, 4.69) is 13.8 Å². The van der Waals surface area contributed by atoms with Crippen LogP contribution >= 0.6 is 0 Å². The molecule has 2 nitrogen and oxygen atoms in total. The first-order valence-electron chi connectivity index (χ1n) is 4.90. The van der Waals surface area contributed by atoms with Crippen molar-refractivity contribution in [1.29, 1.82) is 0 Å². The van der Waals surface area contributed by atoms with Gasteiger partial charge in [-0.25, -0.2) is 0 Å². The summed E-state index contributed by atoms with van der Waals surface area (Å²) in [6.07, 6.45) is 2.39. The summed E-state index contributed by atoms with van der Waals surface area (Å²) < 4.78 is 0. The standard InChI is InChI=1S/C10H22O2/c1-4-10(12)6-5-9(7-11)8(2)3/h8-12H,4-7H2,1-3H3. The molecule has 0 aliphatic carbocycles. The Morgan fingerprint density at radius 2 is 1.75 bits per heavy atom. The van der Waals surface area contributed by atoms with E-state index in [1.807, 2.05) is 6.92 Å². The highest BCUT2D eigenvalue weighted by atomic mass is 16.3. The van der Waals surface area contributed by atoms with Crippen LogP contribution < -0.4 is 0 Å². The first kappa shape index (κ1) is 11.9. The molecular formula is C10H22O2. The minimum atomic E-state index is -0.183. The highest BCUT2D eigenvalue weighted by molar-refractivity contribution is 4.64. The molecule has 12 heavy (non-hydrogen) atoms. The third-order valence-corrected chi connectivity index (χ3v) is 2.52. The maximum absolute atomic E-state index is 9.30. The largest absolute Gasteiger partial charge is 0.396 e. The highest BCUT2D eigenvalue weighted by Crippen LogP contribution is 2.17. The zero-order valence-corrected chi connectivity index (χ0v) is 8.45. The van der Waals surface area contributed by atoms with Gasteiger partial charge in [-0.3, -0.25) is 0 Å². The molecule has 0 rings (SSSR count). The van der Waals surface area contributed by atoms with E-state index in [9.17, 15) is 5.11 Å². The lowest BCUT2D eigenvalue weighted by Crippen LogP contribution is -2.16. The summed E-state index contributed by atoms with van der Waals surface area (Å²) in [5.41, 5.74) is 0. The van der Waals surface area contributed by atoms with Gasteiger partial charge in [0.2, 0.25) is 0 Å². The van der Waals surface area contributed by atoms with Gasteiger partial charge in [-0.05, 0) is 31.1 Å². The van der Waals surface area contributed by atoms with E-state index in [1.165, 1.54) is 0 Å². The van der Waals surface area contributed by atoms with E-state index in [0.717, 1.165) is 19.3 Å². The van der Waals surface area contributed by atoms with Crippen molar-refractivity contribution in [2.75, 3.05) is 6.61 Å². The summed E-state index contributed by atoms with van der Waals surface area (Å²) >= 11 is 0. The van der Waals surface area contributed by atoms with Gasteiger partial charge in [0.25, 0.3) is 0 Å². The molecule has 0 amide bonds. The summed E-state index contributed by atoms with van der Waals surface area (Å²) in [6.45, 7) is 6.44. The third-order valence-electron chi connectivity index (χ3n) is 2.52. The predicted molar refractivity (Wildman–Crippen MR) is 50.9 cm³/mol. The Morgan fingerprint density at radius 3 is 2.08 bits per heavy atom. The van der Waals surface area contributed by atoms with Crippen molar-refractivity contribution in [2.45, 2.75) is 46.1 Å². The number of hydrogen-bond donors (Lipinski definition) is 2. The molecule has 0 saturated heterocycles. The van der Waals surface area contributed by atoms with E-state index in [4.69, 9.17) is 5.11 Å². The predicted octanol–water partition coefficient (Wildman–Crippen LogP) is 1.80. The molecule has 0 bridgehead atoms. The number of aliphatic hydroxyl groups excluding tert-OH is 2.